The second-order valence-electron chi connectivity index (χ2n) is 6.87. The average molecular weight is 334 g/mol. The SMILES string of the molecule is COc1ccc(C2C(C(C)C)OC(=O)CC(=O)OC2C(C)C)cc1. The molecule has 1 saturated heterocycles. The van der Waals surface area contributed by atoms with Gasteiger partial charge in [-0.25, -0.2) is 0 Å². The van der Waals surface area contributed by atoms with Crippen LogP contribution in [0.2, 0.25) is 0 Å². The molecule has 1 aliphatic rings. The summed E-state index contributed by atoms with van der Waals surface area (Å²) >= 11 is 0. The van der Waals surface area contributed by atoms with Crippen molar-refractivity contribution in [3.8, 4) is 5.75 Å². The van der Waals surface area contributed by atoms with Crippen molar-refractivity contribution in [2.45, 2.75) is 52.2 Å². The summed E-state index contributed by atoms with van der Waals surface area (Å²) < 4.78 is 16.5. The number of rotatable bonds is 4. The minimum Gasteiger partial charge on any atom is -0.497 e. The number of cyclic esters (lactones) is 2. The molecule has 2 rings (SSSR count). The second-order valence-corrected chi connectivity index (χ2v) is 6.87. The molecule has 0 bridgehead atoms. The highest BCUT2D eigenvalue weighted by Gasteiger charge is 2.41. The lowest BCUT2D eigenvalue weighted by molar-refractivity contribution is -0.175. The summed E-state index contributed by atoms with van der Waals surface area (Å²) in [6, 6.07) is 7.62. The molecule has 2 unspecified atom stereocenters. The van der Waals surface area contributed by atoms with Crippen LogP contribution in [0.3, 0.4) is 0 Å². The number of carbonyl (C=O) groups excluding carboxylic acids is 2. The van der Waals surface area contributed by atoms with Crippen LogP contribution in [0.25, 0.3) is 0 Å². The van der Waals surface area contributed by atoms with Crippen LogP contribution in [0.15, 0.2) is 24.3 Å². The van der Waals surface area contributed by atoms with E-state index in [-0.39, 0.29) is 36.4 Å². The van der Waals surface area contributed by atoms with Crippen LogP contribution in [-0.4, -0.2) is 31.3 Å². The zero-order valence-electron chi connectivity index (χ0n) is 14.9. The van der Waals surface area contributed by atoms with Crippen LogP contribution in [0.5, 0.6) is 5.75 Å². The van der Waals surface area contributed by atoms with Gasteiger partial charge in [-0.15, -0.1) is 0 Å². The molecule has 5 heteroatoms. The minimum absolute atomic E-state index is 0.0964. The van der Waals surface area contributed by atoms with Gasteiger partial charge in [-0.2, -0.15) is 0 Å². The zero-order chi connectivity index (χ0) is 17.9. The Morgan fingerprint density at radius 1 is 0.917 bits per heavy atom. The maximum Gasteiger partial charge on any atom is 0.317 e. The molecule has 2 atom stereocenters. The van der Waals surface area contributed by atoms with Gasteiger partial charge in [-0.05, 0) is 29.5 Å². The van der Waals surface area contributed by atoms with Gasteiger partial charge in [-0.1, -0.05) is 39.8 Å². The molecule has 1 heterocycles. The van der Waals surface area contributed by atoms with E-state index in [9.17, 15) is 9.59 Å². The topological polar surface area (TPSA) is 61.8 Å². The molecule has 0 saturated carbocycles. The maximum atomic E-state index is 12.0. The lowest BCUT2D eigenvalue weighted by Crippen LogP contribution is -2.44. The molecule has 0 radical (unpaired) electrons. The van der Waals surface area contributed by atoms with Crippen molar-refractivity contribution in [1.82, 2.24) is 0 Å². The van der Waals surface area contributed by atoms with Crippen molar-refractivity contribution in [2.24, 2.45) is 11.8 Å². The third-order valence-corrected chi connectivity index (χ3v) is 4.35. The van der Waals surface area contributed by atoms with Crippen LogP contribution in [-0.2, 0) is 19.1 Å². The van der Waals surface area contributed by atoms with E-state index in [0.29, 0.717) is 0 Å². The van der Waals surface area contributed by atoms with E-state index in [1.807, 2.05) is 52.0 Å². The van der Waals surface area contributed by atoms with Crippen molar-refractivity contribution < 1.29 is 23.8 Å². The number of methoxy groups -OCH3 is 1. The van der Waals surface area contributed by atoms with E-state index in [4.69, 9.17) is 14.2 Å². The molecular formula is C19H26O5. The van der Waals surface area contributed by atoms with Gasteiger partial charge in [0.2, 0.25) is 0 Å². The number of benzene rings is 1. The van der Waals surface area contributed by atoms with Gasteiger partial charge < -0.3 is 14.2 Å². The summed E-state index contributed by atoms with van der Waals surface area (Å²) in [4.78, 5) is 23.9. The first-order valence-electron chi connectivity index (χ1n) is 8.36. The van der Waals surface area contributed by atoms with E-state index in [1.54, 1.807) is 7.11 Å². The number of ether oxygens (including phenoxy) is 3. The van der Waals surface area contributed by atoms with Crippen LogP contribution >= 0.6 is 0 Å². The first-order valence-corrected chi connectivity index (χ1v) is 8.36. The van der Waals surface area contributed by atoms with E-state index < -0.39 is 11.9 Å². The molecule has 0 amide bonds. The number of hydrogen-bond donors (Lipinski definition) is 0. The highest BCUT2D eigenvalue weighted by Crippen LogP contribution is 2.37. The largest absolute Gasteiger partial charge is 0.497 e. The Labute approximate surface area is 143 Å². The third kappa shape index (κ3) is 4.08. The molecule has 0 N–H and O–H groups in total. The van der Waals surface area contributed by atoms with Crippen LogP contribution in [0.4, 0.5) is 0 Å². The Morgan fingerprint density at radius 2 is 1.38 bits per heavy atom. The second kappa shape index (κ2) is 7.69. The zero-order valence-corrected chi connectivity index (χ0v) is 14.9. The van der Waals surface area contributed by atoms with Gasteiger partial charge in [0.15, 0.2) is 0 Å². The van der Waals surface area contributed by atoms with Gasteiger partial charge in [-0.3, -0.25) is 9.59 Å². The summed E-state index contributed by atoms with van der Waals surface area (Å²) in [6.07, 6.45) is -1.04. The Morgan fingerprint density at radius 3 is 1.75 bits per heavy atom. The molecule has 0 aliphatic carbocycles. The first-order chi connectivity index (χ1) is 11.3. The van der Waals surface area contributed by atoms with Crippen LogP contribution in [0, 0.1) is 11.8 Å². The molecule has 1 aliphatic heterocycles. The van der Waals surface area contributed by atoms with E-state index >= 15 is 0 Å². The summed E-state index contributed by atoms with van der Waals surface area (Å²) in [6.45, 7) is 8.04. The van der Waals surface area contributed by atoms with Crippen molar-refractivity contribution in [2.75, 3.05) is 7.11 Å². The van der Waals surface area contributed by atoms with Crippen molar-refractivity contribution in [1.29, 1.82) is 0 Å². The smallest absolute Gasteiger partial charge is 0.317 e. The molecule has 5 nitrogen and oxygen atoms in total. The summed E-state index contributed by atoms with van der Waals surface area (Å²) in [5, 5.41) is 0. The monoisotopic (exact) mass is 334 g/mol. The van der Waals surface area contributed by atoms with E-state index in [0.717, 1.165) is 11.3 Å². The van der Waals surface area contributed by atoms with Gasteiger partial charge >= 0.3 is 11.9 Å². The standard InChI is InChI=1S/C19H26O5/c1-11(2)18-17(13-6-8-14(22-5)9-7-13)19(12(3)4)24-16(21)10-15(20)23-18/h6-9,11-12,17-19H,10H2,1-5H3. The van der Waals surface area contributed by atoms with Gasteiger partial charge in [0, 0.05) is 0 Å². The summed E-state index contributed by atoms with van der Waals surface area (Å²) in [7, 11) is 1.61. The molecule has 1 aromatic rings. The Balaban J connectivity index is 2.48. The number of hydrogen-bond acceptors (Lipinski definition) is 5. The van der Waals surface area contributed by atoms with Crippen LogP contribution in [0.1, 0.15) is 45.6 Å². The third-order valence-electron chi connectivity index (χ3n) is 4.35. The van der Waals surface area contributed by atoms with Gasteiger partial charge in [0.05, 0.1) is 13.0 Å². The van der Waals surface area contributed by atoms with Crippen molar-refractivity contribution in [3.63, 3.8) is 0 Å². The van der Waals surface area contributed by atoms with Crippen molar-refractivity contribution in [3.05, 3.63) is 29.8 Å². The fourth-order valence-electron chi connectivity index (χ4n) is 3.15. The van der Waals surface area contributed by atoms with Crippen molar-refractivity contribution >= 4 is 11.9 Å². The average Bonchev–Trinajstić information content (AvgIpc) is 2.51. The number of carbonyl (C=O) groups is 2. The van der Waals surface area contributed by atoms with Gasteiger partial charge in [0.1, 0.15) is 24.4 Å². The Kier molecular flexibility index (Phi) is 5.86. The molecule has 24 heavy (non-hydrogen) atoms. The fourth-order valence-corrected chi connectivity index (χ4v) is 3.15. The predicted octanol–water partition coefficient (Wildman–Crippen LogP) is 3.32. The summed E-state index contributed by atoms with van der Waals surface area (Å²) in [5.74, 6) is -0.332. The fraction of sp³-hybridized carbons (Fsp3) is 0.579. The quantitative estimate of drug-likeness (QED) is 0.624. The molecule has 0 aromatic heterocycles. The number of esters is 2. The first kappa shape index (κ1) is 18.3. The molecule has 1 aromatic carbocycles. The Hall–Kier alpha value is -2.04. The Bertz CT molecular complexity index is 548. The lowest BCUT2D eigenvalue weighted by Gasteiger charge is -2.38. The van der Waals surface area contributed by atoms with E-state index in [2.05, 4.69) is 0 Å². The molecule has 0 spiro atoms. The highest BCUT2D eigenvalue weighted by molar-refractivity contribution is 5.91. The predicted molar refractivity (Wildman–Crippen MR) is 89.8 cm³/mol. The normalized spacial score (nSPS) is 25.0. The van der Waals surface area contributed by atoms with Crippen LogP contribution < -0.4 is 4.74 Å². The van der Waals surface area contributed by atoms with Gasteiger partial charge in [0.25, 0.3) is 0 Å². The molecular weight excluding hydrogens is 308 g/mol. The minimum atomic E-state index is -0.528. The molecule has 132 valence electrons. The lowest BCUT2D eigenvalue weighted by atomic mass is 9.79. The molecule has 1 fully saturated rings. The highest BCUT2D eigenvalue weighted by atomic mass is 16.6. The summed E-state index contributed by atoms with van der Waals surface area (Å²) in [5.41, 5.74) is 0.968. The maximum absolute atomic E-state index is 12.0. The van der Waals surface area contributed by atoms with E-state index in [1.165, 1.54) is 0 Å².